The molecule has 1 fully saturated rings. The largest absolute Gasteiger partial charge is 0.508 e. The minimum absolute atomic E-state index is 0.0257. The second-order valence-electron chi connectivity index (χ2n) is 7.66. The van der Waals surface area contributed by atoms with Gasteiger partial charge in [0.1, 0.15) is 17.3 Å². The maximum absolute atomic E-state index is 12.9. The van der Waals surface area contributed by atoms with Crippen molar-refractivity contribution in [3.05, 3.63) is 65.2 Å². The second kappa shape index (κ2) is 10.8. The maximum atomic E-state index is 12.9. The van der Waals surface area contributed by atoms with Crippen LogP contribution < -0.4 is 4.74 Å². The van der Waals surface area contributed by atoms with Gasteiger partial charge in [0, 0.05) is 25.8 Å². The minimum Gasteiger partial charge on any atom is -0.508 e. The molecule has 0 radical (unpaired) electrons. The average molecular weight is 440 g/mol. The SMILES string of the molecule is CCCCOc1ccc(C(O)=C2C(=O)C(=O)N(CCCOC)C2c2ccc(O)cc2)cc1. The monoisotopic (exact) mass is 439 g/mol. The van der Waals surface area contributed by atoms with Crippen molar-refractivity contribution in [3.63, 3.8) is 0 Å². The Kier molecular flexibility index (Phi) is 7.89. The lowest BCUT2D eigenvalue weighted by molar-refractivity contribution is -0.140. The highest BCUT2D eigenvalue weighted by molar-refractivity contribution is 6.46. The van der Waals surface area contributed by atoms with Gasteiger partial charge in [0.2, 0.25) is 0 Å². The van der Waals surface area contributed by atoms with Crippen LogP contribution in [-0.4, -0.2) is 53.7 Å². The Bertz CT molecular complexity index is 965. The summed E-state index contributed by atoms with van der Waals surface area (Å²) in [6, 6.07) is 12.3. The number of unbranched alkanes of at least 4 members (excludes halogenated alkanes) is 1. The van der Waals surface area contributed by atoms with E-state index in [1.54, 1.807) is 43.5 Å². The third-order valence-electron chi connectivity index (χ3n) is 5.39. The topological polar surface area (TPSA) is 96.3 Å². The number of phenolic OH excluding ortho intramolecular Hbond substituents is 1. The van der Waals surface area contributed by atoms with Crippen LogP contribution >= 0.6 is 0 Å². The van der Waals surface area contributed by atoms with Gasteiger partial charge in [-0.25, -0.2) is 0 Å². The molecule has 7 heteroatoms. The Morgan fingerprint density at radius 1 is 1.00 bits per heavy atom. The third kappa shape index (κ3) is 5.11. The number of carbonyl (C=O) groups excluding carboxylic acids is 2. The molecule has 0 spiro atoms. The van der Waals surface area contributed by atoms with Crippen molar-refractivity contribution >= 4 is 17.4 Å². The molecule has 1 amide bonds. The van der Waals surface area contributed by atoms with Crippen molar-refractivity contribution in [2.75, 3.05) is 26.9 Å². The molecular formula is C25H29NO6. The highest BCUT2D eigenvalue weighted by Gasteiger charge is 2.45. The molecule has 1 aliphatic rings. The molecule has 2 aromatic carbocycles. The van der Waals surface area contributed by atoms with Gasteiger partial charge in [-0.15, -0.1) is 0 Å². The van der Waals surface area contributed by atoms with E-state index in [0.29, 0.717) is 43.1 Å². The van der Waals surface area contributed by atoms with E-state index in [1.165, 1.54) is 17.0 Å². The molecule has 1 unspecified atom stereocenters. The van der Waals surface area contributed by atoms with E-state index in [2.05, 4.69) is 6.92 Å². The highest BCUT2D eigenvalue weighted by atomic mass is 16.5. The number of aromatic hydroxyl groups is 1. The number of hydrogen-bond acceptors (Lipinski definition) is 6. The van der Waals surface area contributed by atoms with Crippen LogP contribution in [0.5, 0.6) is 11.5 Å². The van der Waals surface area contributed by atoms with Crippen LogP contribution in [0.3, 0.4) is 0 Å². The molecule has 1 aliphatic heterocycles. The first kappa shape index (κ1) is 23.3. The van der Waals surface area contributed by atoms with E-state index in [0.717, 1.165) is 12.8 Å². The van der Waals surface area contributed by atoms with Crippen LogP contribution in [0.15, 0.2) is 54.1 Å². The number of nitrogens with zero attached hydrogens (tertiary/aromatic N) is 1. The zero-order valence-electron chi connectivity index (χ0n) is 18.4. The predicted molar refractivity (Wildman–Crippen MR) is 120 cm³/mol. The fraction of sp³-hybridized carbons (Fsp3) is 0.360. The molecule has 170 valence electrons. The number of carbonyl (C=O) groups is 2. The number of amides is 1. The molecule has 2 N–H and O–H groups in total. The summed E-state index contributed by atoms with van der Waals surface area (Å²) in [5.74, 6) is -0.897. The molecule has 1 atom stereocenters. The van der Waals surface area contributed by atoms with E-state index in [9.17, 15) is 19.8 Å². The summed E-state index contributed by atoms with van der Waals surface area (Å²) in [5, 5.41) is 20.7. The van der Waals surface area contributed by atoms with Crippen molar-refractivity contribution in [1.29, 1.82) is 0 Å². The molecule has 2 aromatic rings. The molecule has 7 nitrogen and oxygen atoms in total. The van der Waals surface area contributed by atoms with Crippen molar-refractivity contribution in [2.24, 2.45) is 0 Å². The number of likely N-dealkylation sites (tertiary alicyclic amines) is 1. The molecule has 0 bridgehead atoms. The summed E-state index contributed by atoms with van der Waals surface area (Å²) in [6.07, 6.45) is 2.52. The summed E-state index contributed by atoms with van der Waals surface area (Å²) in [7, 11) is 1.57. The van der Waals surface area contributed by atoms with Gasteiger partial charge in [-0.3, -0.25) is 9.59 Å². The van der Waals surface area contributed by atoms with E-state index < -0.39 is 17.7 Å². The van der Waals surface area contributed by atoms with Crippen molar-refractivity contribution in [1.82, 2.24) is 4.90 Å². The van der Waals surface area contributed by atoms with Crippen LogP contribution in [0, 0.1) is 0 Å². The van der Waals surface area contributed by atoms with Crippen molar-refractivity contribution in [3.8, 4) is 11.5 Å². The van der Waals surface area contributed by atoms with Crippen LogP contribution in [0.2, 0.25) is 0 Å². The Hall–Kier alpha value is -3.32. The fourth-order valence-corrected chi connectivity index (χ4v) is 3.69. The van der Waals surface area contributed by atoms with E-state index >= 15 is 0 Å². The van der Waals surface area contributed by atoms with Crippen LogP contribution in [0.4, 0.5) is 0 Å². The number of ketones is 1. The lowest BCUT2D eigenvalue weighted by atomic mass is 9.95. The number of phenols is 1. The lowest BCUT2D eigenvalue weighted by Gasteiger charge is -2.25. The number of aliphatic hydroxyl groups excluding tert-OH is 1. The van der Waals surface area contributed by atoms with Crippen molar-refractivity contribution < 1.29 is 29.3 Å². The number of Topliss-reactive ketones (excluding diaryl/α,β-unsaturated/α-hetero) is 1. The molecule has 32 heavy (non-hydrogen) atoms. The van der Waals surface area contributed by atoms with E-state index in [4.69, 9.17) is 9.47 Å². The van der Waals surface area contributed by atoms with Crippen LogP contribution in [0.1, 0.15) is 43.4 Å². The van der Waals surface area contributed by atoms with Crippen LogP contribution in [0.25, 0.3) is 5.76 Å². The average Bonchev–Trinajstić information content (AvgIpc) is 3.05. The smallest absolute Gasteiger partial charge is 0.295 e. The van der Waals surface area contributed by atoms with Gasteiger partial charge in [0.05, 0.1) is 18.2 Å². The quantitative estimate of drug-likeness (QED) is 0.251. The normalized spacial score (nSPS) is 17.7. The van der Waals surface area contributed by atoms with Gasteiger partial charge < -0.3 is 24.6 Å². The number of rotatable bonds is 10. The summed E-state index contributed by atoms with van der Waals surface area (Å²) in [4.78, 5) is 27.2. The highest BCUT2D eigenvalue weighted by Crippen LogP contribution is 2.40. The number of ether oxygens (including phenoxy) is 2. The molecule has 0 aromatic heterocycles. The minimum atomic E-state index is -0.757. The second-order valence-corrected chi connectivity index (χ2v) is 7.66. The van der Waals surface area contributed by atoms with Gasteiger partial charge in [-0.2, -0.15) is 0 Å². The first-order valence-corrected chi connectivity index (χ1v) is 10.8. The summed E-state index contributed by atoms with van der Waals surface area (Å²) in [6.45, 7) is 3.42. The summed E-state index contributed by atoms with van der Waals surface area (Å²) in [5.41, 5.74) is 1.07. The van der Waals surface area contributed by atoms with Gasteiger partial charge in [-0.1, -0.05) is 25.5 Å². The zero-order chi connectivity index (χ0) is 23.1. The predicted octanol–water partition coefficient (Wildman–Crippen LogP) is 4.03. The summed E-state index contributed by atoms with van der Waals surface area (Å²) >= 11 is 0. The first-order valence-electron chi connectivity index (χ1n) is 10.8. The van der Waals surface area contributed by atoms with E-state index in [1.807, 2.05) is 0 Å². The van der Waals surface area contributed by atoms with Crippen LogP contribution in [-0.2, 0) is 14.3 Å². The summed E-state index contributed by atoms with van der Waals surface area (Å²) < 4.78 is 10.7. The van der Waals surface area contributed by atoms with E-state index in [-0.39, 0.29) is 17.1 Å². The lowest BCUT2D eigenvalue weighted by Crippen LogP contribution is -2.31. The van der Waals surface area contributed by atoms with Gasteiger partial charge in [-0.05, 0) is 54.8 Å². The molecule has 1 heterocycles. The molecule has 0 aliphatic carbocycles. The number of hydrogen-bond donors (Lipinski definition) is 2. The Balaban J connectivity index is 1.98. The number of aliphatic hydroxyl groups is 1. The Morgan fingerprint density at radius 2 is 1.69 bits per heavy atom. The van der Waals surface area contributed by atoms with Gasteiger partial charge in [0.15, 0.2) is 0 Å². The third-order valence-corrected chi connectivity index (χ3v) is 5.39. The molecule has 3 rings (SSSR count). The van der Waals surface area contributed by atoms with Gasteiger partial charge >= 0.3 is 0 Å². The first-order chi connectivity index (χ1) is 15.5. The zero-order valence-corrected chi connectivity index (χ0v) is 18.4. The molecule has 0 saturated carbocycles. The Morgan fingerprint density at radius 3 is 2.31 bits per heavy atom. The molecule has 1 saturated heterocycles. The molecular weight excluding hydrogens is 410 g/mol. The maximum Gasteiger partial charge on any atom is 0.295 e. The standard InChI is InChI=1S/C25H29NO6/c1-3-4-16-32-20-12-8-18(9-13-20)23(28)21-22(17-6-10-19(27)11-7-17)26(14-5-15-31-2)25(30)24(21)29/h6-13,22,27-28H,3-5,14-16H2,1-2H3. The number of benzene rings is 2. The Labute approximate surface area is 187 Å². The fourth-order valence-electron chi connectivity index (χ4n) is 3.69. The van der Waals surface area contributed by atoms with Gasteiger partial charge in [0.25, 0.3) is 11.7 Å². The van der Waals surface area contributed by atoms with Crippen molar-refractivity contribution in [2.45, 2.75) is 32.2 Å². The number of methoxy groups -OCH3 is 1.